The molecule has 8 nitrogen and oxygen atoms in total. The number of fused-ring (bicyclic) bond motifs is 1. The van der Waals surface area contributed by atoms with Crippen LogP contribution in [-0.4, -0.2) is 50.7 Å². The van der Waals surface area contributed by atoms with E-state index in [9.17, 15) is 13.2 Å². The maximum Gasteiger partial charge on any atom is 0.251 e. The standard InChI is InChI=1S/C21H24N2O6S/c1-14-11-23(12-15(2)29-14)30(25,26)18-6-4-17(5-7-18)21(24)22-10-16-3-8-19-20(9-16)28-13-27-19/h3-9,14-15H,10-13H2,1-2H3,(H,22,24)/t14-,15-/m0/s1. The maximum absolute atomic E-state index is 12.9. The Morgan fingerprint density at radius 2 is 1.70 bits per heavy atom. The molecule has 2 aliphatic rings. The fourth-order valence-electron chi connectivity index (χ4n) is 3.59. The van der Waals surface area contributed by atoms with Crippen LogP contribution in [-0.2, 0) is 21.3 Å². The summed E-state index contributed by atoms with van der Waals surface area (Å²) in [6.07, 6.45) is -0.325. The number of carbonyl (C=O) groups excluding carboxylic acids is 1. The number of amides is 1. The van der Waals surface area contributed by atoms with Crippen molar-refractivity contribution in [2.24, 2.45) is 0 Å². The molecule has 0 spiro atoms. The third kappa shape index (κ3) is 4.28. The number of nitrogens with one attached hydrogen (secondary N) is 1. The molecular weight excluding hydrogens is 408 g/mol. The minimum Gasteiger partial charge on any atom is -0.454 e. The summed E-state index contributed by atoms with van der Waals surface area (Å²) in [6.45, 7) is 4.84. The van der Waals surface area contributed by atoms with Crippen LogP contribution in [0.2, 0.25) is 0 Å². The Hall–Kier alpha value is -2.62. The molecule has 2 aliphatic heterocycles. The molecule has 2 heterocycles. The van der Waals surface area contributed by atoms with E-state index in [1.54, 1.807) is 6.07 Å². The quantitative estimate of drug-likeness (QED) is 0.778. The Morgan fingerprint density at radius 1 is 1.03 bits per heavy atom. The number of hydrogen-bond acceptors (Lipinski definition) is 6. The average molecular weight is 432 g/mol. The van der Waals surface area contributed by atoms with Gasteiger partial charge >= 0.3 is 0 Å². The molecule has 1 N–H and O–H groups in total. The Kier molecular flexibility index (Phi) is 5.68. The second-order valence-electron chi connectivity index (χ2n) is 7.47. The number of rotatable bonds is 5. The van der Waals surface area contributed by atoms with Gasteiger partial charge in [-0.25, -0.2) is 8.42 Å². The van der Waals surface area contributed by atoms with Crippen molar-refractivity contribution in [3.8, 4) is 11.5 Å². The predicted molar refractivity (Wildman–Crippen MR) is 109 cm³/mol. The van der Waals surface area contributed by atoms with E-state index in [1.807, 2.05) is 26.0 Å². The lowest BCUT2D eigenvalue weighted by Gasteiger charge is -2.34. The molecule has 0 aliphatic carbocycles. The summed E-state index contributed by atoms with van der Waals surface area (Å²) in [5.74, 6) is 1.05. The van der Waals surface area contributed by atoms with Gasteiger partial charge in [-0.3, -0.25) is 4.79 Å². The lowest BCUT2D eigenvalue weighted by atomic mass is 10.2. The number of sulfonamides is 1. The van der Waals surface area contributed by atoms with Crippen LogP contribution in [0, 0.1) is 0 Å². The highest BCUT2D eigenvalue weighted by atomic mass is 32.2. The molecule has 0 unspecified atom stereocenters. The molecule has 1 fully saturated rings. The fourth-order valence-corrected chi connectivity index (χ4v) is 5.18. The van der Waals surface area contributed by atoms with E-state index in [0.717, 1.165) is 5.56 Å². The van der Waals surface area contributed by atoms with E-state index in [1.165, 1.54) is 28.6 Å². The van der Waals surface area contributed by atoms with Gasteiger partial charge in [0, 0.05) is 25.2 Å². The van der Waals surface area contributed by atoms with Crippen molar-refractivity contribution >= 4 is 15.9 Å². The fraction of sp³-hybridized carbons (Fsp3) is 0.381. The molecule has 0 saturated carbocycles. The predicted octanol–water partition coefficient (Wildman–Crippen LogP) is 2.14. The summed E-state index contributed by atoms with van der Waals surface area (Å²) in [5, 5.41) is 2.83. The normalized spacial score (nSPS) is 21.4. The monoisotopic (exact) mass is 432 g/mol. The van der Waals surface area contributed by atoms with Gasteiger partial charge in [-0.2, -0.15) is 4.31 Å². The van der Waals surface area contributed by atoms with Crippen LogP contribution in [0.4, 0.5) is 0 Å². The van der Waals surface area contributed by atoms with Crippen LogP contribution in [0.3, 0.4) is 0 Å². The van der Waals surface area contributed by atoms with Crippen LogP contribution in [0.1, 0.15) is 29.8 Å². The third-order valence-corrected chi connectivity index (χ3v) is 6.88. The molecule has 1 amide bonds. The van der Waals surface area contributed by atoms with Crippen molar-refractivity contribution in [2.45, 2.75) is 37.5 Å². The van der Waals surface area contributed by atoms with Gasteiger partial charge in [-0.1, -0.05) is 6.07 Å². The SMILES string of the molecule is C[C@H]1CN(S(=O)(=O)c2ccc(C(=O)NCc3ccc4c(c3)OCO4)cc2)C[C@H](C)O1. The smallest absolute Gasteiger partial charge is 0.251 e. The number of carbonyl (C=O) groups is 1. The van der Waals surface area contributed by atoms with E-state index in [-0.39, 0.29) is 29.8 Å². The number of nitrogens with zero attached hydrogens (tertiary/aromatic N) is 1. The molecule has 0 aromatic heterocycles. The Bertz CT molecular complexity index is 1030. The first-order chi connectivity index (χ1) is 14.3. The van der Waals surface area contributed by atoms with Gasteiger partial charge in [0.05, 0.1) is 17.1 Å². The van der Waals surface area contributed by atoms with Crippen molar-refractivity contribution in [1.29, 1.82) is 0 Å². The van der Waals surface area contributed by atoms with E-state index >= 15 is 0 Å². The summed E-state index contributed by atoms with van der Waals surface area (Å²) < 4.78 is 43.5. The molecule has 2 aromatic rings. The second-order valence-corrected chi connectivity index (χ2v) is 9.41. The van der Waals surface area contributed by atoms with Gasteiger partial charge in [0.1, 0.15) is 0 Å². The van der Waals surface area contributed by atoms with E-state index in [0.29, 0.717) is 36.7 Å². The first-order valence-corrected chi connectivity index (χ1v) is 11.2. The molecule has 0 radical (unpaired) electrons. The molecule has 30 heavy (non-hydrogen) atoms. The first-order valence-electron chi connectivity index (χ1n) is 9.75. The topological polar surface area (TPSA) is 94.2 Å². The molecule has 2 aromatic carbocycles. The summed E-state index contributed by atoms with van der Waals surface area (Å²) in [6, 6.07) is 11.5. The van der Waals surface area contributed by atoms with E-state index in [4.69, 9.17) is 14.2 Å². The number of benzene rings is 2. The Labute approximate surface area is 175 Å². The van der Waals surface area contributed by atoms with Crippen LogP contribution in [0.5, 0.6) is 11.5 Å². The highest BCUT2D eigenvalue weighted by Gasteiger charge is 2.32. The first kappa shape index (κ1) is 20.6. The highest BCUT2D eigenvalue weighted by Crippen LogP contribution is 2.32. The average Bonchev–Trinajstić information content (AvgIpc) is 3.19. The summed E-state index contributed by atoms with van der Waals surface area (Å²) in [5.41, 5.74) is 1.26. The maximum atomic E-state index is 12.9. The summed E-state index contributed by atoms with van der Waals surface area (Å²) >= 11 is 0. The van der Waals surface area contributed by atoms with Crippen molar-refractivity contribution in [1.82, 2.24) is 9.62 Å². The molecular formula is C21H24N2O6S. The van der Waals surface area contributed by atoms with Crippen LogP contribution in [0.15, 0.2) is 47.4 Å². The van der Waals surface area contributed by atoms with Gasteiger partial charge in [0.15, 0.2) is 11.5 Å². The van der Waals surface area contributed by atoms with Crippen LogP contribution in [0.25, 0.3) is 0 Å². The van der Waals surface area contributed by atoms with Gasteiger partial charge < -0.3 is 19.5 Å². The minimum absolute atomic E-state index is 0.162. The second kappa shape index (κ2) is 8.25. The molecule has 1 saturated heterocycles. The zero-order valence-corrected chi connectivity index (χ0v) is 17.6. The number of hydrogen-bond donors (Lipinski definition) is 1. The van der Waals surface area contributed by atoms with Crippen LogP contribution < -0.4 is 14.8 Å². The molecule has 2 atom stereocenters. The zero-order chi connectivity index (χ0) is 21.3. The van der Waals surface area contributed by atoms with E-state index < -0.39 is 10.0 Å². The minimum atomic E-state index is -3.64. The van der Waals surface area contributed by atoms with Crippen molar-refractivity contribution < 1.29 is 27.4 Å². The van der Waals surface area contributed by atoms with Crippen molar-refractivity contribution in [2.75, 3.05) is 19.9 Å². The zero-order valence-electron chi connectivity index (χ0n) is 16.8. The van der Waals surface area contributed by atoms with Gasteiger partial charge in [-0.15, -0.1) is 0 Å². The van der Waals surface area contributed by atoms with Crippen LogP contribution >= 0.6 is 0 Å². The molecule has 9 heteroatoms. The third-order valence-electron chi connectivity index (χ3n) is 5.03. The number of morpholine rings is 1. The summed E-state index contributed by atoms with van der Waals surface area (Å²) in [4.78, 5) is 12.6. The van der Waals surface area contributed by atoms with Crippen molar-refractivity contribution in [3.05, 3.63) is 53.6 Å². The van der Waals surface area contributed by atoms with Gasteiger partial charge in [0.2, 0.25) is 16.8 Å². The lowest BCUT2D eigenvalue weighted by Crippen LogP contribution is -2.48. The van der Waals surface area contributed by atoms with Crippen molar-refractivity contribution in [3.63, 3.8) is 0 Å². The summed E-state index contributed by atoms with van der Waals surface area (Å²) in [7, 11) is -3.64. The van der Waals surface area contributed by atoms with E-state index in [2.05, 4.69) is 5.32 Å². The molecule has 4 rings (SSSR count). The lowest BCUT2D eigenvalue weighted by molar-refractivity contribution is -0.0440. The van der Waals surface area contributed by atoms with Gasteiger partial charge in [-0.05, 0) is 55.8 Å². The largest absolute Gasteiger partial charge is 0.454 e. The van der Waals surface area contributed by atoms with Gasteiger partial charge in [0.25, 0.3) is 5.91 Å². The number of ether oxygens (including phenoxy) is 3. The molecule has 0 bridgehead atoms. The molecule has 160 valence electrons. The Balaban J connectivity index is 1.40. The Morgan fingerprint density at radius 3 is 2.40 bits per heavy atom. The highest BCUT2D eigenvalue weighted by molar-refractivity contribution is 7.89.